The van der Waals surface area contributed by atoms with Crippen molar-refractivity contribution >= 4 is 11.6 Å². The van der Waals surface area contributed by atoms with Crippen LogP contribution in [0.2, 0.25) is 0 Å². The molecule has 32 heavy (non-hydrogen) atoms. The van der Waals surface area contributed by atoms with Gasteiger partial charge in [0.05, 0.1) is 6.10 Å². The molecule has 0 saturated carbocycles. The highest BCUT2D eigenvalue weighted by Gasteiger charge is 2.27. The van der Waals surface area contributed by atoms with Crippen LogP contribution in [0.5, 0.6) is 0 Å². The maximum Gasteiger partial charge on any atom is 0.191 e. The average molecular weight is 435 g/mol. The predicted octanol–water partition coefficient (Wildman–Crippen LogP) is 4.69. The van der Waals surface area contributed by atoms with E-state index in [-0.39, 0.29) is 6.10 Å². The smallest absolute Gasteiger partial charge is 0.191 e. The van der Waals surface area contributed by atoms with Crippen molar-refractivity contribution < 1.29 is 4.74 Å². The van der Waals surface area contributed by atoms with Crippen LogP contribution >= 0.6 is 0 Å². The van der Waals surface area contributed by atoms with E-state index in [1.54, 1.807) is 0 Å². The van der Waals surface area contributed by atoms with Crippen LogP contribution in [-0.2, 0) is 4.74 Å². The van der Waals surface area contributed by atoms with Crippen molar-refractivity contribution in [2.75, 3.05) is 37.7 Å². The van der Waals surface area contributed by atoms with Crippen LogP contribution in [0, 0.1) is 12.8 Å². The lowest BCUT2D eigenvalue weighted by atomic mass is 9.89. The number of para-hydroxylation sites is 1. The molecule has 2 fully saturated rings. The number of rotatable bonds is 6. The number of guanidine groups is 1. The number of aryl methyl sites for hydroxylation is 1. The zero-order chi connectivity index (χ0) is 22.2. The SMILES string of the molecule is CCNC(=NCC1CCCOC1c1ccc(C)cc1)NC1CCN(c2ccccc2)CC1. The van der Waals surface area contributed by atoms with E-state index in [1.165, 1.54) is 16.8 Å². The molecule has 5 heteroatoms. The summed E-state index contributed by atoms with van der Waals surface area (Å²) < 4.78 is 6.20. The van der Waals surface area contributed by atoms with E-state index < -0.39 is 0 Å². The molecule has 172 valence electrons. The second-order valence-electron chi connectivity index (χ2n) is 9.07. The lowest BCUT2D eigenvalue weighted by Crippen LogP contribution is -2.49. The van der Waals surface area contributed by atoms with E-state index in [0.29, 0.717) is 12.0 Å². The number of hydrogen-bond acceptors (Lipinski definition) is 3. The number of aliphatic imine (C=N–C) groups is 1. The largest absolute Gasteiger partial charge is 0.373 e. The normalized spacial score (nSPS) is 22.6. The zero-order valence-corrected chi connectivity index (χ0v) is 19.6. The van der Waals surface area contributed by atoms with E-state index in [0.717, 1.165) is 64.4 Å². The van der Waals surface area contributed by atoms with E-state index in [1.807, 2.05) is 0 Å². The molecule has 2 aromatic carbocycles. The number of ether oxygens (including phenoxy) is 1. The molecule has 2 atom stereocenters. The minimum atomic E-state index is 0.144. The Hall–Kier alpha value is -2.53. The minimum Gasteiger partial charge on any atom is -0.373 e. The summed E-state index contributed by atoms with van der Waals surface area (Å²) in [4.78, 5) is 7.48. The summed E-state index contributed by atoms with van der Waals surface area (Å²) in [5, 5.41) is 7.16. The van der Waals surface area contributed by atoms with E-state index >= 15 is 0 Å². The molecular weight excluding hydrogens is 396 g/mol. The number of nitrogens with zero attached hydrogens (tertiary/aromatic N) is 2. The molecule has 2 N–H and O–H groups in total. The highest BCUT2D eigenvalue weighted by atomic mass is 16.5. The van der Waals surface area contributed by atoms with Gasteiger partial charge in [-0.1, -0.05) is 48.0 Å². The molecule has 2 saturated heterocycles. The summed E-state index contributed by atoms with van der Waals surface area (Å²) in [5.74, 6) is 1.36. The monoisotopic (exact) mass is 434 g/mol. The van der Waals surface area contributed by atoms with Gasteiger partial charge < -0.3 is 20.3 Å². The van der Waals surface area contributed by atoms with Gasteiger partial charge in [0.25, 0.3) is 0 Å². The van der Waals surface area contributed by atoms with Gasteiger partial charge in [-0.25, -0.2) is 0 Å². The molecular formula is C27H38N4O. The Morgan fingerprint density at radius 2 is 1.78 bits per heavy atom. The van der Waals surface area contributed by atoms with Crippen molar-refractivity contribution in [3.05, 3.63) is 65.7 Å². The third-order valence-corrected chi connectivity index (χ3v) is 6.64. The molecule has 0 radical (unpaired) electrons. The van der Waals surface area contributed by atoms with Gasteiger partial charge in [-0.05, 0) is 57.2 Å². The van der Waals surface area contributed by atoms with Crippen molar-refractivity contribution in [3.63, 3.8) is 0 Å². The fourth-order valence-electron chi connectivity index (χ4n) is 4.80. The van der Waals surface area contributed by atoms with Crippen LogP contribution in [0.1, 0.15) is 49.8 Å². The molecule has 2 aliphatic rings. The first-order valence-electron chi connectivity index (χ1n) is 12.3. The number of anilines is 1. The Kier molecular flexibility index (Phi) is 8.05. The van der Waals surface area contributed by atoms with Gasteiger partial charge >= 0.3 is 0 Å². The molecule has 2 unspecified atom stereocenters. The molecule has 0 aromatic heterocycles. The standard InChI is InChI=1S/C27H38N4O/c1-3-28-27(30-24-15-17-31(18-16-24)25-9-5-4-6-10-25)29-20-23-8-7-19-32-26(23)22-13-11-21(2)12-14-22/h4-6,9-14,23-24,26H,3,7-8,15-20H2,1-2H3,(H2,28,29,30). The fraction of sp³-hybridized carbons (Fsp3) is 0.519. The first-order valence-corrected chi connectivity index (χ1v) is 12.3. The Bertz CT molecular complexity index is 844. The molecule has 4 rings (SSSR count). The number of piperidine rings is 1. The van der Waals surface area contributed by atoms with Gasteiger partial charge in [0.15, 0.2) is 5.96 Å². The van der Waals surface area contributed by atoms with Crippen LogP contribution in [0.15, 0.2) is 59.6 Å². The highest BCUT2D eigenvalue weighted by Crippen LogP contribution is 2.34. The quantitative estimate of drug-likeness (QED) is 0.512. The Morgan fingerprint density at radius 1 is 1.03 bits per heavy atom. The van der Waals surface area contributed by atoms with Gasteiger partial charge in [-0.15, -0.1) is 0 Å². The fourth-order valence-corrected chi connectivity index (χ4v) is 4.80. The first-order chi connectivity index (χ1) is 15.7. The van der Waals surface area contributed by atoms with E-state index in [2.05, 4.69) is 84.0 Å². The summed E-state index contributed by atoms with van der Waals surface area (Å²) in [6.07, 6.45) is 4.67. The van der Waals surface area contributed by atoms with Gasteiger partial charge in [0, 0.05) is 50.4 Å². The molecule has 5 nitrogen and oxygen atoms in total. The second-order valence-corrected chi connectivity index (χ2v) is 9.07. The molecule has 2 heterocycles. The van der Waals surface area contributed by atoms with E-state index in [9.17, 15) is 0 Å². The molecule has 0 aliphatic carbocycles. The number of nitrogens with one attached hydrogen (secondary N) is 2. The topological polar surface area (TPSA) is 48.9 Å². The Balaban J connectivity index is 1.34. The van der Waals surface area contributed by atoms with Crippen LogP contribution in [0.25, 0.3) is 0 Å². The third-order valence-electron chi connectivity index (χ3n) is 6.64. The summed E-state index contributed by atoms with van der Waals surface area (Å²) >= 11 is 0. The third kappa shape index (κ3) is 6.04. The van der Waals surface area contributed by atoms with Crippen molar-refractivity contribution in [1.82, 2.24) is 10.6 Å². The van der Waals surface area contributed by atoms with Crippen LogP contribution < -0.4 is 15.5 Å². The van der Waals surface area contributed by atoms with Crippen LogP contribution in [-0.4, -0.2) is 44.8 Å². The first kappa shape index (κ1) is 22.7. The van der Waals surface area contributed by atoms with Crippen molar-refractivity contribution in [2.24, 2.45) is 10.9 Å². The maximum atomic E-state index is 6.20. The second kappa shape index (κ2) is 11.4. The lowest BCUT2D eigenvalue weighted by molar-refractivity contribution is -0.0250. The van der Waals surface area contributed by atoms with Gasteiger partial charge in [0.1, 0.15) is 0 Å². The summed E-state index contributed by atoms with van der Waals surface area (Å²) in [5.41, 5.74) is 3.89. The summed E-state index contributed by atoms with van der Waals surface area (Å²) in [6.45, 7) is 8.92. The van der Waals surface area contributed by atoms with Crippen LogP contribution in [0.3, 0.4) is 0 Å². The Labute approximate surface area is 193 Å². The van der Waals surface area contributed by atoms with Gasteiger partial charge in [-0.2, -0.15) is 0 Å². The lowest BCUT2D eigenvalue weighted by Gasteiger charge is -2.35. The number of hydrogen-bond donors (Lipinski definition) is 2. The van der Waals surface area contributed by atoms with Crippen molar-refractivity contribution in [3.8, 4) is 0 Å². The highest BCUT2D eigenvalue weighted by molar-refractivity contribution is 5.80. The van der Waals surface area contributed by atoms with Crippen molar-refractivity contribution in [2.45, 2.75) is 51.7 Å². The molecule has 0 spiro atoms. The minimum absolute atomic E-state index is 0.144. The number of benzene rings is 2. The van der Waals surface area contributed by atoms with Gasteiger partial charge in [-0.3, -0.25) is 4.99 Å². The van der Waals surface area contributed by atoms with Crippen LogP contribution in [0.4, 0.5) is 5.69 Å². The van der Waals surface area contributed by atoms with Crippen molar-refractivity contribution in [1.29, 1.82) is 0 Å². The molecule has 2 aliphatic heterocycles. The zero-order valence-electron chi connectivity index (χ0n) is 19.6. The Morgan fingerprint density at radius 3 is 2.50 bits per heavy atom. The van der Waals surface area contributed by atoms with Gasteiger partial charge in [0.2, 0.25) is 0 Å². The summed E-state index contributed by atoms with van der Waals surface area (Å²) in [6, 6.07) is 20.0. The summed E-state index contributed by atoms with van der Waals surface area (Å²) in [7, 11) is 0. The molecule has 0 bridgehead atoms. The average Bonchev–Trinajstić information content (AvgIpc) is 2.84. The van der Waals surface area contributed by atoms with E-state index in [4.69, 9.17) is 9.73 Å². The molecule has 0 amide bonds. The predicted molar refractivity (Wildman–Crippen MR) is 133 cm³/mol. The molecule has 2 aromatic rings. The maximum absolute atomic E-state index is 6.20.